The molecule has 4 heteroatoms. The molecule has 96 valence electrons. The van der Waals surface area contributed by atoms with Crippen LogP contribution in [0.1, 0.15) is 39.5 Å². The Hall–Kier alpha value is -0.870. The molecule has 0 saturated carbocycles. The molecule has 1 N–H and O–H groups in total. The summed E-state index contributed by atoms with van der Waals surface area (Å²) in [6, 6.07) is 8.49. The second kappa shape index (κ2) is 6.77. The highest BCUT2D eigenvalue weighted by molar-refractivity contribution is 7.89. The maximum absolute atomic E-state index is 12.0. The van der Waals surface area contributed by atoms with Crippen molar-refractivity contribution in [2.24, 2.45) is 0 Å². The lowest BCUT2D eigenvalue weighted by Crippen LogP contribution is -2.32. The summed E-state index contributed by atoms with van der Waals surface area (Å²) in [6.45, 7) is 4.05. The van der Waals surface area contributed by atoms with Gasteiger partial charge in [0, 0.05) is 6.04 Å². The summed E-state index contributed by atoms with van der Waals surface area (Å²) in [5.74, 6) is 0. The molecule has 0 spiro atoms. The SMILES string of the molecule is CCCCCC(C)NS(=O)(=O)c1ccccc1. The van der Waals surface area contributed by atoms with E-state index >= 15 is 0 Å². The standard InChI is InChI=1S/C13H21NO2S/c1-3-4-6-9-12(2)14-17(15,16)13-10-7-5-8-11-13/h5,7-8,10-12,14H,3-4,6,9H2,1-2H3. The van der Waals surface area contributed by atoms with Gasteiger partial charge in [0.15, 0.2) is 0 Å². The van der Waals surface area contributed by atoms with E-state index in [0.717, 1.165) is 25.7 Å². The summed E-state index contributed by atoms with van der Waals surface area (Å²) in [4.78, 5) is 0.336. The van der Waals surface area contributed by atoms with Crippen LogP contribution in [0.4, 0.5) is 0 Å². The second-order valence-electron chi connectivity index (χ2n) is 4.33. The summed E-state index contributed by atoms with van der Waals surface area (Å²) in [6.07, 6.45) is 4.25. The zero-order chi connectivity index (χ0) is 12.7. The monoisotopic (exact) mass is 255 g/mol. The van der Waals surface area contributed by atoms with E-state index in [4.69, 9.17) is 0 Å². The molecule has 0 aliphatic heterocycles. The van der Waals surface area contributed by atoms with Crippen molar-refractivity contribution in [1.82, 2.24) is 4.72 Å². The van der Waals surface area contributed by atoms with Crippen molar-refractivity contribution in [3.05, 3.63) is 30.3 Å². The smallest absolute Gasteiger partial charge is 0.208 e. The number of hydrogen-bond donors (Lipinski definition) is 1. The predicted molar refractivity (Wildman–Crippen MR) is 70.4 cm³/mol. The van der Waals surface area contributed by atoms with Gasteiger partial charge in [0.2, 0.25) is 10.0 Å². The van der Waals surface area contributed by atoms with Gasteiger partial charge < -0.3 is 0 Å². The quantitative estimate of drug-likeness (QED) is 0.761. The first kappa shape index (κ1) is 14.2. The molecule has 0 aliphatic rings. The molecule has 17 heavy (non-hydrogen) atoms. The van der Waals surface area contributed by atoms with Gasteiger partial charge in [0.05, 0.1) is 4.90 Å². The van der Waals surface area contributed by atoms with Gasteiger partial charge in [0.1, 0.15) is 0 Å². The zero-order valence-electron chi connectivity index (χ0n) is 10.5. The van der Waals surface area contributed by atoms with Crippen molar-refractivity contribution in [3.63, 3.8) is 0 Å². The summed E-state index contributed by atoms with van der Waals surface area (Å²) in [5, 5.41) is 0. The molecule has 1 atom stereocenters. The van der Waals surface area contributed by atoms with Gasteiger partial charge >= 0.3 is 0 Å². The third-order valence-corrected chi connectivity index (χ3v) is 4.26. The summed E-state index contributed by atoms with van der Waals surface area (Å²) in [5.41, 5.74) is 0. The molecule has 1 aromatic rings. The molecule has 0 radical (unpaired) electrons. The first-order valence-electron chi connectivity index (χ1n) is 6.13. The van der Waals surface area contributed by atoms with Gasteiger partial charge in [-0.05, 0) is 25.5 Å². The topological polar surface area (TPSA) is 46.2 Å². The lowest BCUT2D eigenvalue weighted by Gasteiger charge is -2.13. The molecule has 0 aromatic heterocycles. The van der Waals surface area contributed by atoms with Crippen LogP contribution in [-0.4, -0.2) is 14.5 Å². The van der Waals surface area contributed by atoms with E-state index in [9.17, 15) is 8.42 Å². The molecule has 0 heterocycles. The van der Waals surface area contributed by atoms with Crippen LogP contribution in [0.15, 0.2) is 35.2 Å². The minimum absolute atomic E-state index is 0.00763. The Balaban J connectivity index is 2.55. The van der Waals surface area contributed by atoms with Crippen LogP contribution in [-0.2, 0) is 10.0 Å². The minimum Gasteiger partial charge on any atom is -0.208 e. The van der Waals surface area contributed by atoms with E-state index in [0.29, 0.717) is 4.90 Å². The Bertz CT molecular complexity index is 414. The maximum atomic E-state index is 12.0. The summed E-state index contributed by atoms with van der Waals surface area (Å²) >= 11 is 0. The van der Waals surface area contributed by atoms with Crippen LogP contribution < -0.4 is 4.72 Å². The molecule has 3 nitrogen and oxygen atoms in total. The highest BCUT2D eigenvalue weighted by atomic mass is 32.2. The average Bonchev–Trinajstić information content (AvgIpc) is 2.30. The molecular formula is C13H21NO2S. The zero-order valence-corrected chi connectivity index (χ0v) is 11.3. The van der Waals surface area contributed by atoms with E-state index in [-0.39, 0.29) is 6.04 Å². The molecule has 0 amide bonds. The largest absolute Gasteiger partial charge is 0.240 e. The van der Waals surface area contributed by atoms with Gasteiger partial charge in [-0.2, -0.15) is 0 Å². The van der Waals surface area contributed by atoms with Gasteiger partial charge in [-0.1, -0.05) is 44.4 Å². The fourth-order valence-electron chi connectivity index (χ4n) is 1.69. The number of nitrogens with one attached hydrogen (secondary N) is 1. The van der Waals surface area contributed by atoms with Crippen LogP contribution in [0, 0.1) is 0 Å². The average molecular weight is 255 g/mol. The van der Waals surface area contributed by atoms with Crippen LogP contribution in [0.2, 0.25) is 0 Å². The van der Waals surface area contributed by atoms with Crippen molar-refractivity contribution < 1.29 is 8.42 Å². The van der Waals surface area contributed by atoms with Crippen LogP contribution in [0.5, 0.6) is 0 Å². The number of hydrogen-bond acceptors (Lipinski definition) is 2. The second-order valence-corrected chi connectivity index (χ2v) is 6.05. The molecular weight excluding hydrogens is 234 g/mol. The lowest BCUT2D eigenvalue weighted by molar-refractivity contribution is 0.527. The van der Waals surface area contributed by atoms with Crippen molar-refractivity contribution in [2.75, 3.05) is 0 Å². The van der Waals surface area contributed by atoms with Crippen molar-refractivity contribution in [1.29, 1.82) is 0 Å². The normalized spacial score (nSPS) is 13.5. The number of rotatable bonds is 7. The van der Waals surface area contributed by atoms with Crippen LogP contribution >= 0.6 is 0 Å². The van der Waals surface area contributed by atoms with Crippen molar-refractivity contribution in [2.45, 2.75) is 50.5 Å². The molecule has 1 aromatic carbocycles. The molecule has 0 bridgehead atoms. The number of sulfonamides is 1. The first-order valence-corrected chi connectivity index (χ1v) is 7.62. The number of benzene rings is 1. The molecule has 1 unspecified atom stereocenters. The highest BCUT2D eigenvalue weighted by Gasteiger charge is 2.16. The molecule has 0 aliphatic carbocycles. The minimum atomic E-state index is -3.35. The molecule has 0 saturated heterocycles. The van der Waals surface area contributed by atoms with E-state index in [1.165, 1.54) is 0 Å². The van der Waals surface area contributed by atoms with E-state index in [1.807, 2.05) is 13.0 Å². The lowest BCUT2D eigenvalue weighted by atomic mass is 10.1. The Labute approximate surface area is 104 Å². The van der Waals surface area contributed by atoms with E-state index in [1.54, 1.807) is 24.3 Å². The molecule has 0 fully saturated rings. The van der Waals surface area contributed by atoms with Crippen molar-refractivity contribution in [3.8, 4) is 0 Å². The Kier molecular flexibility index (Phi) is 5.65. The Morgan fingerprint density at radius 2 is 1.82 bits per heavy atom. The fourth-order valence-corrected chi connectivity index (χ4v) is 2.99. The fraction of sp³-hybridized carbons (Fsp3) is 0.538. The maximum Gasteiger partial charge on any atom is 0.240 e. The Morgan fingerprint density at radius 1 is 1.18 bits per heavy atom. The van der Waals surface area contributed by atoms with Crippen LogP contribution in [0.25, 0.3) is 0 Å². The summed E-state index contributed by atoms with van der Waals surface area (Å²) in [7, 11) is -3.35. The number of unbranched alkanes of at least 4 members (excludes halogenated alkanes) is 2. The van der Waals surface area contributed by atoms with Crippen LogP contribution in [0.3, 0.4) is 0 Å². The predicted octanol–water partition coefficient (Wildman–Crippen LogP) is 2.93. The third kappa shape index (κ3) is 4.88. The molecule has 1 rings (SSSR count). The Morgan fingerprint density at radius 3 is 2.41 bits per heavy atom. The highest BCUT2D eigenvalue weighted by Crippen LogP contribution is 2.10. The third-order valence-electron chi connectivity index (χ3n) is 2.65. The first-order chi connectivity index (χ1) is 8.06. The van der Waals surface area contributed by atoms with E-state index < -0.39 is 10.0 Å². The van der Waals surface area contributed by atoms with Gasteiger partial charge in [-0.3, -0.25) is 0 Å². The van der Waals surface area contributed by atoms with Gasteiger partial charge in [-0.15, -0.1) is 0 Å². The summed E-state index contributed by atoms with van der Waals surface area (Å²) < 4.78 is 26.6. The van der Waals surface area contributed by atoms with Gasteiger partial charge in [0.25, 0.3) is 0 Å². The van der Waals surface area contributed by atoms with E-state index in [2.05, 4.69) is 11.6 Å². The van der Waals surface area contributed by atoms with Gasteiger partial charge in [-0.25, -0.2) is 13.1 Å². The van der Waals surface area contributed by atoms with Crippen molar-refractivity contribution >= 4 is 10.0 Å².